The maximum absolute atomic E-state index is 11.6. The molecule has 0 aliphatic rings. The first-order chi connectivity index (χ1) is 6.65. The summed E-state index contributed by atoms with van der Waals surface area (Å²) in [5.41, 5.74) is 2.67. The first-order valence-electron chi connectivity index (χ1n) is 4.30. The minimum Gasteiger partial charge on any atom is -0.372 e. The van der Waals surface area contributed by atoms with Crippen molar-refractivity contribution in [2.45, 2.75) is 19.6 Å². The van der Waals surface area contributed by atoms with E-state index in [9.17, 15) is 4.79 Å². The van der Waals surface area contributed by atoms with Gasteiger partial charge in [0.2, 0.25) is 0 Å². The first kappa shape index (κ1) is 11.1. The molecule has 0 aromatic carbocycles. The second-order valence-corrected chi connectivity index (χ2v) is 3.77. The van der Waals surface area contributed by atoms with Gasteiger partial charge in [-0.3, -0.25) is 4.79 Å². The third-order valence-electron chi connectivity index (χ3n) is 1.96. The first-order valence-corrected chi connectivity index (χ1v) is 5.24. The maximum atomic E-state index is 11.6. The molecule has 14 heavy (non-hydrogen) atoms. The molecule has 1 amide bonds. The summed E-state index contributed by atoms with van der Waals surface area (Å²) in [6.45, 7) is 2.27. The van der Waals surface area contributed by atoms with E-state index in [0.717, 1.165) is 5.69 Å². The van der Waals surface area contributed by atoms with Crippen LogP contribution in [-0.4, -0.2) is 36.1 Å². The van der Waals surface area contributed by atoms with Crippen molar-refractivity contribution in [3.8, 4) is 0 Å². The van der Waals surface area contributed by atoms with Crippen LogP contribution < -0.4 is 0 Å². The highest BCUT2D eigenvalue weighted by molar-refractivity contribution is 7.07. The Bertz CT molecular complexity index is 287. The van der Waals surface area contributed by atoms with Crippen molar-refractivity contribution in [1.29, 1.82) is 0 Å². The predicted molar refractivity (Wildman–Crippen MR) is 55.1 cm³/mol. The number of rotatable bonds is 4. The minimum atomic E-state index is -0.390. The van der Waals surface area contributed by atoms with Gasteiger partial charge in [0.15, 0.2) is 0 Å². The van der Waals surface area contributed by atoms with Gasteiger partial charge in [-0.1, -0.05) is 0 Å². The molecule has 0 fully saturated rings. The molecule has 0 N–H and O–H groups in total. The highest BCUT2D eigenvalue weighted by Gasteiger charge is 2.16. The number of methoxy groups -OCH3 is 1. The van der Waals surface area contributed by atoms with Crippen LogP contribution in [0.25, 0.3) is 0 Å². The number of nitrogens with zero attached hydrogens (tertiary/aromatic N) is 2. The topological polar surface area (TPSA) is 42.4 Å². The number of aromatic nitrogens is 1. The van der Waals surface area contributed by atoms with Crippen LogP contribution in [0, 0.1) is 0 Å². The quantitative estimate of drug-likeness (QED) is 0.754. The number of thiazole rings is 1. The minimum absolute atomic E-state index is 0.0273. The fourth-order valence-electron chi connectivity index (χ4n) is 1.05. The maximum Gasteiger partial charge on any atom is 0.251 e. The largest absolute Gasteiger partial charge is 0.372 e. The molecule has 0 radical (unpaired) electrons. The molecule has 1 rings (SSSR count). The number of carbonyl (C=O) groups is 1. The van der Waals surface area contributed by atoms with E-state index >= 15 is 0 Å². The number of hydrogen-bond acceptors (Lipinski definition) is 4. The lowest BCUT2D eigenvalue weighted by molar-refractivity contribution is -0.140. The summed E-state index contributed by atoms with van der Waals surface area (Å²) in [5, 5.41) is 1.93. The highest BCUT2D eigenvalue weighted by atomic mass is 32.1. The third kappa shape index (κ3) is 2.78. The zero-order valence-electron chi connectivity index (χ0n) is 8.56. The average Bonchev–Trinajstić information content (AvgIpc) is 2.68. The van der Waals surface area contributed by atoms with Crippen molar-refractivity contribution < 1.29 is 9.53 Å². The monoisotopic (exact) mass is 214 g/mol. The molecule has 1 aromatic rings. The molecule has 1 heterocycles. The third-order valence-corrected chi connectivity index (χ3v) is 2.60. The van der Waals surface area contributed by atoms with Crippen molar-refractivity contribution in [2.24, 2.45) is 0 Å². The molecule has 1 aromatic heterocycles. The second kappa shape index (κ2) is 5.07. The van der Waals surface area contributed by atoms with Crippen LogP contribution in [0.5, 0.6) is 0 Å². The lowest BCUT2D eigenvalue weighted by Gasteiger charge is -2.19. The summed E-state index contributed by atoms with van der Waals surface area (Å²) < 4.78 is 4.94. The number of likely N-dealkylation sites (N-methyl/N-ethyl adjacent to an activating group) is 1. The molecule has 0 bridgehead atoms. The number of carbonyl (C=O) groups excluding carboxylic acids is 1. The van der Waals surface area contributed by atoms with Crippen molar-refractivity contribution in [1.82, 2.24) is 9.88 Å². The number of amides is 1. The molecule has 0 saturated carbocycles. The Morgan fingerprint density at radius 2 is 2.50 bits per heavy atom. The Morgan fingerprint density at radius 3 is 3.00 bits per heavy atom. The molecule has 78 valence electrons. The van der Waals surface area contributed by atoms with Gasteiger partial charge in [-0.15, -0.1) is 11.3 Å². The molecular weight excluding hydrogens is 200 g/mol. The summed E-state index contributed by atoms with van der Waals surface area (Å²) in [7, 11) is 3.27. The van der Waals surface area contributed by atoms with Gasteiger partial charge in [-0.2, -0.15) is 0 Å². The van der Waals surface area contributed by atoms with E-state index in [0.29, 0.717) is 6.54 Å². The Labute approximate surface area is 87.5 Å². The molecule has 0 spiro atoms. The Morgan fingerprint density at radius 1 is 1.79 bits per heavy atom. The van der Waals surface area contributed by atoms with Crippen molar-refractivity contribution in [2.75, 3.05) is 14.2 Å². The van der Waals surface area contributed by atoms with Crippen LogP contribution in [0.3, 0.4) is 0 Å². The van der Waals surface area contributed by atoms with E-state index in [4.69, 9.17) is 4.74 Å². The van der Waals surface area contributed by atoms with Gasteiger partial charge < -0.3 is 9.64 Å². The number of ether oxygens (including phenoxy) is 1. The molecular formula is C9H14N2O2S. The Kier molecular flexibility index (Phi) is 4.03. The molecule has 4 nitrogen and oxygen atoms in total. The van der Waals surface area contributed by atoms with E-state index < -0.39 is 6.10 Å². The molecule has 0 saturated heterocycles. The van der Waals surface area contributed by atoms with Gasteiger partial charge in [0.25, 0.3) is 5.91 Å². The fraction of sp³-hybridized carbons (Fsp3) is 0.556. The lowest BCUT2D eigenvalue weighted by atomic mass is 10.3. The number of hydrogen-bond donors (Lipinski definition) is 0. The van der Waals surface area contributed by atoms with Crippen LogP contribution in [-0.2, 0) is 16.1 Å². The molecule has 0 aliphatic heterocycles. The fourth-order valence-corrected chi connectivity index (χ4v) is 1.60. The predicted octanol–water partition coefficient (Wildman–Crippen LogP) is 1.14. The van der Waals surface area contributed by atoms with Crippen LogP contribution in [0.4, 0.5) is 0 Å². The van der Waals surface area contributed by atoms with Crippen molar-refractivity contribution >= 4 is 17.2 Å². The molecule has 1 unspecified atom stereocenters. The second-order valence-electron chi connectivity index (χ2n) is 3.05. The molecule has 0 aliphatic carbocycles. The SMILES string of the molecule is COC(C)C(=O)N(C)Cc1cscn1. The Hall–Kier alpha value is -0.940. The van der Waals surface area contributed by atoms with Crippen LogP contribution in [0.15, 0.2) is 10.9 Å². The van der Waals surface area contributed by atoms with E-state index in [1.165, 1.54) is 18.4 Å². The van der Waals surface area contributed by atoms with Gasteiger partial charge >= 0.3 is 0 Å². The summed E-state index contributed by atoms with van der Waals surface area (Å²) in [4.78, 5) is 17.3. The van der Waals surface area contributed by atoms with Crippen LogP contribution in [0.2, 0.25) is 0 Å². The highest BCUT2D eigenvalue weighted by Crippen LogP contribution is 2.05. The van der Waals surface area contributed by atoms with Gasteiger partial charge in [0.05, 0.1) is 17.7 Å². The normalized spacial score (nSPS) is 12.5. The van der Waals surface area contributed by atoms with Crippen LogP contribution in [0.1, 0.15) is 12.6 Å². The van der Waals surface area contributed by atoms with E-state index in [1.807, 2.05) is 5.38 Å². The lowest BCUT2D eigenvalue weighted by Crippen LogP contribution is -2.35. The smallest absolute Gasteiger partial charge is 0.251 e. The average molecular weight is 214 g/mol. The van der Waals surface area contributed by atoms with Gasteiger partial charge in [0.1, 0.15) is 6.10 Å². The Balaban J connectivity index is 2.50. The van der Waals surface area contributed by atoms with Gasteiger partial charge in [-0.25, -0.2) is 4.98 Å². The van der Waals surface area contributed by atoms with E-state index in [-0.39, 0.29) is 5.91 Å². The van der Waals surface area contributed by atoms with Gasteiger partial charge in [-0.05, 0) is 6.92 Å². The summed E-state index contributed by atoms with van der Waals surface area (Å²) >= 11 is 1.53. The van der Waals surface area contributed by atoms with E-state index in [2.05, 4.69) is 4.98 Å². The summed E-state index contributed by atoms with van der Waals surface area (Å²) in [6.07, 6.45) is -0.390. The standard InChI is InChI=1S/C9H14N2O2S/c1-7(13-3)9(12)11(2)4-8-5-14-6-10-8/h5-7H,4H2,1-3H3. The summed E-state index contributed by atoms with van der Waals surface area (Å²) in [5.74, 6) is -0.0273. The van der Waals surface area contributed by atoms with Gasteiger partial charge in [0, 0.05) is 19.5 Å². The van der Waals surface area contributed by atoms with Crippen LogP contribution >= 0.6 is 11.3 Å². The van der Waals surface area contributed by atoms with Crippen molar-refractivity contribution in [3.63, 3.8) is 0 Å². The van der Waals surface area contributed by atoms with Crippen molar-refractivity contribution in [3.05, 3.63) is 16.6 Å². The molecule has 1 atom stereocenters. The molecule has 5 heteroatoms. The zero-order valence-corrected chi connectivity index (χ0v) is 9.37. The zero-order chi connectivity index (χ0) is 10.6. The summed E-state index contributed by atoms with van der Waals surface area (Å²) in [6, 6.07) is 0. The van der Waals surface area contributed by atoms with E-state index in [1.54, 1.807) is 24.4 Å².